The normalized spacial score (nSPS) is 12.9. The summed E-state index contributed by atoms with van der Waals surface area (Å²) in [6.07, 6.45) is 2.99. The lowest BCUT2D eigenvalue weighted by molar-refractivity contribution is -0.0503. The van der Waals surface area contributed by atoms with Gasteiger partial charge in [0.05, 0.1) is 5.69 Å². The van der Waals surface area contributed by atoms with Crippen molar-refractivity contribution in [3.8, 4) is 6.01 Å². The number of hydrogen-bond acceptors (Lipinski definition) is 7. The maximum Gasteiger partial charge on any atom is 0.534 e. The van der Waals surface area contributed by atoms with Crippen molar-refractivity contribution in [1.82, 2.24) is 19.9 Å². The van der Waals surface area contributed by atoms with Gasteiger partial charge in [0, 0.05) is 28.9 Å². The topological polar surface area (TPSA) is 115 Å². The lowest BCUT2D eigenvalue weighted by atomic mass is 9.79. The van der Waals surface area contributed by atoms with Crippen LogP contribution in [0, 0.1) is 0 Å². The Morgan fingerprint density at radius 2 is 1.15 bits per heavy atom. The molecule has 0 atom stereocenters. The highest BCUT2D eigenvalue weighted by Gasteiger charge is 2.49. The Hall–Kier alpha value is -1.04. The van der Waals surface area contributed by atoms with E-state index in [1.807, 2.05) is 41.5 Å². The molecule has 0 saturated heterocycles. The smallest absolute Gasteiger partial charge is 0.337 e. The van der Waals surface area contributed by atoms with Crippen LogP contribution < -0.4 is 9.87 Å². The van der Waals surface area contributed by atoms with Gasteiger partial charge in [0.15, 0.2) is 0 Å². The van der Waals surface area contributed by atoms with Gasteiger partial charge in [0.2, 0.25) is 0 Å². The second kappa shape index (κ2) is 13.3. The first-order chi connectivity index (χ1) is 16.2. The van der Waals surface area contributed by atoms with E-state index in [0.29, 0.717) is 11.3 Å². The van der Waals surface area contributed by atoms with Crippen LogP contribution in [0.2, 0.25) is 0 Å². The molecule has 0 amide bonds. The summed E-state index contributed by atoms with van der Waals surface area (Å²) in [6, 6.07) is -0.838. The maximum atomic E-state index is 12.4. The quantitative estimate of drug-likeness (QED) is 0.200. The number of alkyl halides is 3. The SMILES string of the molecule is CC(C)(C)c1cnc(=O)[nH]c1C(C)(C)C.CC(C)(C)c1cnc(OS(=O)(=O)C(F)(F)F)nc1C(C)(C)C.I.I. The number of aromatic nitrogens is 4. The Kier molecular flexibility index (Phi) is 13.7. The molecule has 0 saturated carbocycles. The lowest BCUT2D eigenvalue weighted by Gasteiger charge is -2.28. The first-order valence-electron chi connectivity index (χ1n) is 11.7. The summed E-state index contributed by atoms with van der Waals surface area (Å²) in [5, 5.41) is 0. The van der Waals surface area contributed by atoms with Gasteiger partial charge in [-0.3, -0.25) is 0 Å². The summed E-state index contributed by atoms with van der Waals surface area (Å²) in [4.78, 5) is 25.4. The average molecular weight is 804 g/mol. The van der Waals surface area contributed by atoms with E-state index in [0.717, 1.165) is 11.3 Å². The van der Waals surface area contributed by atoms with Crippen LogP contribution in [-0.4, -0.2) is 33.9 Å². The summed E-state index contributed by atoms with van der Waals surface area (Å²) in [7, 11) is -5.79. The van der Waals surface area contributed by atoms with Gasteiger partial charge in [-0.15, -0.1) is 48.0 Å². The van der Waals surface area contributed by atoms with Crippen LogP contribution in [0.5, 0.6) is 6.01 Å². The van der Waals surface area contributed by atoms with Crippen molar-refractivity contribution in [1.29, 1.82) is 0 Å². The molecule has 2 aromatic heterocycles. The molecule has 226 valence electrons. The molecule has 0 aliphatic heterocycles. The van der Waals surface area contributed by atoms with Crippen LogP contribution in [-0.2, 0) is 31.8 Å². The molecular formula is C25H41F3I2N4O4S. The van der Waals surface area contributed by atoms with Crippen molar-refractivity contribution >= 4 is 58.1 Å². The second-order valence-electron chi connectivity index (χ2n) is 12.9. The molecule has 1 N–H and O–H groups in total. The summed E-state index contributed by atoms with van der Waals surface area (Å²) in [5.41, 5.74) is -3.52. The fourth-order valence-electron chi connectivity index (χ4n) is 3.23. The minimum atomic E-state index is -5.79. The van der Waals surface area contributed by atoms with Crippen LogP contribution in [0.25, 0.3) is 0 Å². The van der Waals surface area contributed by atoms with E-state index in [-0.39, 0.29) is 69.9 Å². The number of hydrogen-bond donors (Lipinski definition) is 1. The van der Waals surface area contributed by atoms with Crippen LogP contribution in [0.4, 0.5) is 13.2 Å². The van der Waals surface area contributed by atoms with E-state index in [4.69, 9.17) is 0 Å². The highest BCUT2D eigenvalue weighted by atomic mass is 127. The maximum absolute atomic E-state index is 12.4. The predicted octanol–water partition coefficient (Wildman–Crippen LogP) is 6.90. The fraction of sp³-hybridized carbons (Fsp3) is 0.680. The number of nitrogens with zero attached hydrogens (tertiary/aromatic N) is 3. The molecule has 0 aliphatic rings. The van der Waals surface area contributed by atoms with Crippen molar-refractivity contribution in [3.05, 3.63) is 45.4 Å². The van der Waals surface area contributed by atoms with Crippen molar-refractivity contribution in [2.75, 3.05) is 0 Å². The minimum Gasteiger partial charge on any atom is -0.337 e. The Bertz CT molecular complexity index is 1270. The monoisotopic (exact) mass is 804 g/mol. The van der Waals surface area contributed by atoms with Crippen LogP contribution in [0.1, 0.15) is 106 Å². The Morgan fingerprint density at radius 3 is 1.51 bits per heavy atom. The van der Waals surface area contributed by atoms with E-state index in [1.54, 1.807) is 6.20 Å². The second-order valence-corrected chi connectivity index (χ2v) is 14.4. The summed E-state index contributed by atoms with van der Waals surface area (Å²) < 4.78 is 63.1. The van der Waals surface area contributed by atoms with Crippen molar-refractivity contribution in [3.63, 3.8) is 0 Å². The summed E-state index contributed by atoms with van der Waals surface area (Å²) in [5.74, 6) is 0. The highest BCUT2D eigenvalue weighted by molar-refractivity contribution is 14.0. The van der Waals surface area contributed by atoms with E-state index in [9.17, 15) is 26.4 Å². The van der Waals surface area contributed by atoms with Gasteiger partial charge in [0.1, 0.15) is 0 Å². The number of H-pyrrole nitrogens is 1. The van der Waals surface area contributed by atoms with Gasteiger partial charge < -0.3 is 9.17 Å². The van der Waals surface area contributed by atoms with Gasteiger partial charge in [-0.05, 0) is 22.0 Å². The molecule has 2 rings (SSSR count). The van der Waals surface area contributed by atoms with Gasteiger partial charge >= 0.3 is 27.3 Å². The Balaban J connectivity index is 0. The molecule has 0 aliphatic carbocycles. The van der Waals surface area contributed by atoms with Crippen molar-refractivity contribution in [2.24, 2.45) is 0 Å². The molecule has 0 radical (unpaired) electrons. The first kappa shape index (κ1) is 40.1. The minimum absolute atomic E-state index is 0. The average Bonchev–Trinajstić information content (AvgIpc) is 2.64. The fourth-order valence-corrected chi connectivity index (χ4v) is 3.60. The zero-order valence-corrected chi connectivity index (χ0v) is 30.0. The third-order valence-electron chi connectivity index (χ3n) is 5.12. The van der Waals surface area contributed by atoms with Crippen molar-refractivity contribution < 1.29 is 25.8 Å². The highest BCUT2D eigenvalue weighted by Crippen LogP contribution is 2.34. The zero-order valence-electron chi connectivity index (χ0n) is 24.5. The molecule has 2 aromatic rings. The lowest BCUT2D eigenvalue weighted by Crippen LogP contribution is -2.30. The van der Waals surface area contributed by atoms with Crippen molar-refractivity contribution in [2.45, 2.75) is 110 Å². The van der Waals surface area contributed by atoms with Crippen LogP contribution >= 0.6 is 48.0 Å². The van der Waals surface area contributed by atoms with Crippen LogP contribution in [0.15, 0.2) is 17.2 Å². The number of rotatable bonds is 2. The van der Waals surface area contributed by atoms with Gasteiger partial charge in [-0.25, -0.2) is 14.8 Å². The van der Waals surface area contributed by atoms with Gasteiger partial charge in [-0.1, -0.05) is 83.1 Å². The molecule has 14 heteroatoms. The molecule has 2 heterocycles. The third kappa shape index (κ3) is 11.4. The standard InChI is InChI=1S/C13H19F3N2O3S.C12H20N2O.2HI/c1-11(2,3)8-7-17-10(18-9(8)12(4,5)6)21-22(19,20)13(14,15)16;1-11(2,3)8-7-13-10(15)14-9(8)12(4,5)6;;/h7H,1-6H3;7H,1-6H3,(H,13,14,15);2*1H. The number of nitrogens with one attached hydrogen (secondary N) is 1. The largest absolute Gasteiger partial charge is 0.534 e. The Morgan fingerprint density at radius 1 is 0.718 bits per heavy atom. The first-order valence-corrected chi connectivity index (χ1v) is 13.1. The van der Waals surface area contributed by atoms with Crippen LogP contribution in [0.3, 0.4) is 0 Å². The van der Waals surface area contributed by atoms with Gasteiger partial charge in [-0.2, -0.15) is 26.6 Å². The van der Waals surface area contributed by atoms with E-state index >= 15 is 0 Å². The number of aromatic amines is 1. The third-order valence-corrected chi connectivity index (χ3v) is 6.06. The summed E-state index contributed by atoms with van der Waals surface area (Å²) >= 11 is 0. The molecule has 0 spiro atoms. The molecule has 0 unspecified atom stereocenters. The molecule has 0 bridgehead atoms. The zero-order chi connectivity index (χ0) is 29.4. The van der Waals surface area contributed by atoms with Gasteiger partial charge in [0.25, 0.3) is 0 Å². The summed E-state index contributed by atoms with van der Waals surface area (Å²) in [6.45, 7) is 23.8. The predicted molar refractivity (Wildman–Crippen MR) is 168 cm³/mol. The molecule has 0 fully saturated rings. The van der Waals surface area contributed by atoms with E-state index < -0.39 is 27.1 Å². The van der Waals surface area contributed by atoms with E-state index in [2.05, 4.69) is 65.7 Å². The van der Waals surface area contributed by atoms with E-state index in [1.165, 1.54) is 6.20 Å². The molecule has 0 aromatic carbocycles. The number of halogens is 5. The molecule has 8 nitrogen and oxygen atoms in total. The Labute approximate surface area is 263 Å². The molecule has 39 heavy (non-hydrogen) atoms. The molecular weight excluding hydrogens is 763 g/mol.